The lowest BCUT2D eigenvalue weighted by atomic mass is 11.5. The van der Waals surface area contributed by atoms with Crippen LogP contribution < -0.4 is 0 Å². The van der Waals surface area contributed by atoms with Crippen LogP contribution in [0.1, 0.15) is 0 Å². The molecular weight excluding hydrogens is 70.0 g/mol. The predicted octanol–water partition coefficient (Wildman–Crippen LogP) is -0.535. The van der Waals surface area contributed by atoms with Gasteiger partial charge in [0.15, 0.2) is 6.33 Å². The van der Waals surface area contributed by atoms with Crippen molar-refractivity contribution in [2.45, 2.75) is 0 Å². The van der Waals surface area contributed by atoms with Crippen LogP contribution in [-0.2, 0) is 0 Å². The summed E-state index contributed by atoms with van der Waals surface area (Å²) in [5.74, 6) is 0. The molecule has 0 unspecified atom stereocenters. The van der Waals surface area contributed by atoms with E-state index in [0.717, 1.165) is 0 Å². The third-order valence-corrected chi connectivity index (χ3v) is 0.230. The SMILES string of the molecule is c1nnon1. The van der Waals surface area contributed by atoms with E-state index in [9.17, 15) is 0 Å². The summed E-state index contributed by atoms with van der Waals surface area (Å²) in [6, 6.07) is 0. The number of hydrogen-bond donors (Lipinski definition) is 0. The molecular formula is CHN3O. The van der Waals surface area contributed by atoms with Crippen molar-refractivity contribution in [2.24, 2.45) is 0 Å². The molecule has 1 aromatic rings. The third-order valence-electron chi connectivity index (χ3n) is 0.230. The van der Waals surface area contributed by atoms with Gasteiger partial charge in [0.1, 0.15) is 0 Å². The molecule has 0 aromatic carbocycles. The molecule has 0 saturated carbocycles. The fourth-order valence-corrected chi connectivity index (χ4v) is 0.105. The largest absolute Gasteiger partial charge is 0.222 e. The van der Waals surface area contributed by atoms with Crippen LogP contribution in [0.3, 0.4) is 0 Å². The topological polar surface area (TPSA) is 51.8 Å². The summed E-state index contributed by atoms with van der Waals surface area (Å²) in [5, 5.41) is 9.31. The van der Waals surface area contributed by atoms with Crippen molar-refractivity contribution in [2.75, 3.05) is 0 Å². The smallest absolute Gasteiger partial charge is 0.183 e. The molecule has 0 aliphatic carbocycles. The van der Waals surface area contributed by atoms with Gasteiger partial charge in [-0.3, -0.25) is 0 Å². The van der Waals surface area contributed by atoms with Crippen molar-refractivity contribution in [1.29, 1.82) is 0 Å². The molecule has 1 aromatic heterocycles. The molecule has 5 heavy (non-hydrogen) atoms. The highest BCUT2D eigenvalue weighted by Gasteiger charge is 1.62. The maximum atomic E-state index is 3.97. The Hall–Kier alpha value is -0.930. The number of hydrogen-bond acceptors (Lipinski definition) is 4. The quantitative estimate of drug-likeness (QED) is 0.412. The lowest BCUT2D eigenvalue weighted by Gasteiger charge is -1.41. The Kier molecular flexibility index (Phi) is 0.368. The molecule has 0 bridgehead atoms. The van der Waals surface area contributed by atoms with Crippen LogP contribution in [0.4, 0.5) is 0 Å². The molecule has 4 nitrogen and oxygen atoms in total. The van der Waals surface area contributed by atoms with Gasteiger partial charge in [-0.2, -0.15) is 0 Å². The van der Waals surface area contributed by atoms with Crippen molar-refractivity contribution in [3.8, 4) is 0 Å². The highest BCUT2D eigenvalue weighted by Crippen LogP contribution is 1.53. The van der Waals surface area contributed by atoms with Gasteiger partial charge in [-0.1, -0.05) is 5.10 Å². The van der Waals surface area contributed by atoms with Gasteiger partial charge in [-0.05, 0) is 5.16 Å². The minimum atomic E-state index is 1.22. The van der Waals surface area contributed by atoms with Crippen LogP contribution in [0, 0.1) is 0 Å². The van der Waals surface area contributed by atoms with Gasteiger partial charge in [0, 0.05) is 0 Å². The van der Waals surface area contributed by atoms with Crippen LogP contribution in [-0.4, -0.2) is 15.5 Å². The monoisotopic (exact) mass is 71.0 g/mol. The zero-order valence-electron chi connectivity index (χ0n) is 2.33. The van der Waals surface area contributed by atoms with Gasteiger partial charge in [-0.25, -0.2) is 4.63 Å². The van der Waals surface area contributed by atoms with Crippen LogP contribution in [0.2, 0.25) is 0 Å². The number of nitrogens with zero attached hydrogens (tertiary/aromatic N) is 3. The standard InChI is InChI=1S/CHN3O/c1-2-4-5-3-1/h1H. The highest BCUT2D eigenvalue weighted by molar-refractivity contribution is 4.19. The van der Waals surface area contributed by atoms with E-state index in [2.05, 4.69) is 20.2 Å². The number of aromatic nitrogens is 3. The molecule has 0 N–H and O–H groups in total. The Bertz CT molecular complexity index is 63.4. The first kappa shape index (κ1) is 2.32. The fraction of sp³-hybridized carbons (Fsp3) is 0. The van der Waals surface area contributed by atoms with E-state index in [1.54, 1.807) is 0 Å². The van der Waals surface area contributed by atoms with Gasteiger partial charge in [0.25, 0.3) is 0 Å². The first-order valence-corrected chi connectivity index (χ1v) is 1.08. The van der Waals surface area contributed by atoms with Crippen molar-refractivity contribution < 1.29 is 4.63 Å². The Morgan fingerprint density at radius 1 is 1.60 bits per heavy atom. The normalized spacial score (nSPS) is 8.00. The van der Waals surface area contributed by atoms with E-state index >= 15 is 0 Å². The molecule has 4 heteroatoms. The van der Waals surface area contributed by atoms with E-state index < -0.39 is 0 Å². The molecule has 0 spiro atoms. The van der Waals surface area contributed by atoms with Gasteiger partial charge in [-0.15, -0.1) is 0 Å². The lowest BCUT2D eigenvalue weighted by Crippen LogP contribution is -1.53. The molecule has 0 saturated heterocycles. The summed E-state index contributed by atoms with van der Waals surface area (Å²) in [5.41, 5.74) is 0. The number of rotatable bonds is 0. The van der Waals surface area contributed by atoms with Crippen molar-refractivity contribution in [1.82, 2.24) is 15.5 Å². The first-order valence-electron chi connectivity index (χ1n) is 1.08. The Balaban J connectivity index is 3.13. The molecule has 1 rings (SSSR count). The summed E-state index contributed by atoms with van der Waals surface area (Å²) >= 11 is 0. The second kappa shape index (κ2) is 0.794. The van der Waals surface area contributed by atoms with Crippen molar-refractivity contribution in [3.63, 3.8) is 0 Å². The second-order valence-corrected chi connectivity index (χ2v) is 0.500. The minimum Gasteiger partial charge on any atom is -0.222 e. The maximum Gasteiger partial charge on any atom is 0.183 e. The molecule has 0 aliphatic heterocycles. The summed E-state index contributed by atoms with van der Waals surface area (Å²) < 4.78 is 3.97. The van der Waals surface area contributed by atoms with Crippen LogP contribution in [0.15, 0.2) is 11.0 Å². The second-order valence-electron chi connectivity index (χ2n) is 0.500. The first-order chi connectivity index (χ1) is 2.50. The van der Waals surface area contributed by atoms with Crippen LogP contribution in [0.25, 0.3) is 0 Å². The van der Waals surface area contributed by atoms with E-state index in [1.165, 1.54) is 6.33 Å². The minimum absolute atomic E-state index is 1.22. The van der Waals surface area contributed by atoms with Gasteiger partial charge in [0.05, 0.1) is 5.27 Å². The Morgan fingerprint density at radius 2 is 2.60 bits per heavy atom. The van der Waals surface area contributed by atoms with Crippen molar-refractivity contribution >= 4 is 0 Å². The Morgan fingerprint density at radius 3 is 2.80 bits per heavy atom. The molecule has 26 valence electrons. The average Bonchev–Trinajstić information content (AvgIpc) is 1.76. The van der Waals surface area contributed by atoms with Crippen LogP contribution in [0.5, 0.6) is 0 Å². The zero-order chi connectivity index (χ0) is 3.54. The molecule has 0 amide bonds. The predicted molar refractivity (Wildman–Crippen MR) is 12.1 cm³/mol. The molecule has 0 radical (unpaired) electrons. The average molecular weight is 71.0 g/mol. The fourth-order valence-electron chi connectivity index (χ4n) is 0.105. The summed E-state index contributed by atoms with van der Waals surface area (Å²) in [4.78, 5) is 0. The van der Waals surface area contributed by atoms with E-state index in [0.29, 0.717) is 0 Å². The third kappa shape index (κ3) is 0.212. The lowest BCUT2D eigenvalue weighted by molar-refractivity contribution is 0.292. The van der Waals surface area contributed by atoms with Gasteiger partial charge in [0.2, 0.25) is 0 Å². The van der Waals surface area contributed by atoms with Gasteiger partial charge < -0.3 is 0 Å². The zero-order valence-corrected chi connectivity index (χ0v) is 2.33. The van der Waals surface area contributed by atoms with E-state index in [-0.39, 0.29) is 0 Å². The molecule has 0 atom stereocenters. The molecule has 0 fully saturated rings. The highest BCUT2D eigenvalue weighted by atomic mass is 16.6. The summed E-state index contributed by atoms with van der Waals surface area (Å²) in [6.45, 7) is 0. The van der Waals surface area contributed by atoms with E-state index in [4.69, 9.17) is 0 Å². The summed E-state index contributed by atoms with van der Waals surface area (Å²) in [7, 11) is 0. The van der Waals surface area contributed by atoms with Crippen LogP contribution >= 0.6 is 0 Å². The molecule has 1 heterocycles. The maximum absolute atomic E-state index is 3.97. The summed E-state index contributed by atoms with van der Waals surface area (Å²) in [6.07, 6.45) is 1.22. The molecule has 0 aliphatic rings. The van der Waals surface area contributed by atoms with Gasteiger partial charge >= 0.3 is 0 Å². The Labute approximate surface area is 27.8 Å². The van der Waals surface area contributed by atoms with E-state index in [1.807, 2.05) is 0 Å². The van der Waals surface area contributed by atoms with Crippen molar-refractivity contribution in [3.05, 3.63) is 6.33 Å².